The molecule has 3 rings (SSSR count). The van der Waals surface area contributed by atoms with Gasteiger partial charge in [-0.1, -0.05) is 43.9 Å². The highest BCUT2D eigenvalue weighted by molar-refractivity contribution is 7.18. The molecule has 0 radical (unpaired) electrons. The summed E-state index contributed by atoms with van der Waals surface area (Å²) in [5.41, 5.74) is 2.91. The number of benzene rings is 1. The SMILES string of the molecule is C[Si](C)(C)Cl.N#Cc1ccccc1-c1cc(-c2ccccn2)c[nH]c1=O. The Morgan fingerprint density at radius 3 is 2.35 bits per heavy atom. The molecule has 132 valence electrons. The zero-order valence-electron chi connectivity index (χ0n) is 15.0. The molecule has 0 aliphatic carbocycles. The van der Waals surface area contributed by atoms with Crippen molar-refractivity contribution in [2.45, 2.75) is 19.6 Å². The van der Waals surface area contributed by atoms with Gasteiger partial charge >= 0.3 is 0 Å². The lowest BCUT2D eigenvalue weighted by molar-refractivity contribution is 1.22. The Morgan fingerprint density at radius 1 is 1.08 bits per heavy atom. The Hall–Kier alpha value is -2.68. The monoisotopic (exact) mass is 381 g/mol. The molecule has 0 spiro atoms. The second-order valence-corrected chi connectivity index (χ2v) is 14.1. The molecule has 0 bridgehead atoms. The maximum atomic E-state index is 12.1. The van der Waals surface area contributed by atoms with Crippen molar-refractivity contribution in [1.82, 2.24) is 9.97 Å². The van der Waals surface area contributed by atoms with E-state index in [1.165, 1.54) is 0 Å². The highest BCUT2D eigenvalue weighted by Gasteiger charge is 2.10. The van der Waals surface area contributed by atoms with Crippen LogP contribution in [0.25, 0.3) is 22.4 Å². The number of nitrogens with zero attached hydrogens (tertiary/aromatic N) is 2. The molecule has 0 amide bonds. The molecule has 0 atom stereocenters. The number of pyridine rings is 2. The summed E-state index contributed by atoms with van der Waals surface area (Å²) >= 11 is 5.67. The van der Waals surface area contributed by atoms with Gasteiger partial charge in [0.05, 0.1) is 17.3 Å². The summed E-state index contributed by atoms with van der Waals surface area (Å²) in [6.45, 7) is 6.28. The molecule has 3 aromatic rings. The van der Waals surface area contributed by atoms with Crippen LogP contribution in [0.5, 0.6) is 0 Å². The van der Waals surface area contributed by atoms with Crippen LogP contribution in [-0.4, -0.2) is 17.4 Å². The smallest absolute Gasteiger partial charge is 0.255 e. The van der Waals surface area contributed by atoms with Crippen LogP contribution < -0.4 is 5.56 Å². The molecular formula is C20H20ClN3OSi. The fourth-order valence-corrected chi connectivity index (χ4v) is 2.18. The molecule has 0 saturated carbocycles. The van der Waals surface area contributed by atoms with E-state index in [1.807, 2.05) is 24.3 Å². The van der Waals surface area contributed by atoms with Crippen LogP contribution >= 0.6 is 11.1 Å². The van der Waals surface area contributed by atoms with Gasteiger partial charge in [-0.2, -0.15) is 16.3 Å². The summed E-state index contributed by atoms with van der Waals surface area (Å²) in [5, 5.41) is 9.18. The number of aromatic amines is 1. The first-order valence-corrected chi connectivity index (χ1v) is 12.6. The first kappa shape index (κ1) is 19.6. The van der Waals surface area contributed by atoms with Crippen molar-refractivity contribution >= 4 is 18.5 Å². The zero-order valence-corrected chi connectivity index (χ0v) is 16.7. The van der Waals surface area contributed by atoms with E-state index in [0.717, 1.165) is 11.3 Å². The van der Waals surface area contributed by atoms with Gasteiger partial charge in [-0.05, 0) is 24.3 Å². The Bertz CT molecular complexity index is 967. The molecule has 2 aromatic heterocycles. The molecule has 6 heteroatoms. The number of nitriles is 1. The van der Waals surface area contributed by atoms with Gasteiger partial charge in [0.1, 0.15) is 7.38 Å². The molecule has 1 aromatic carbocycles. The summed E-state index contributed by atoms with van der Waals surface area (Å²) in [7, 11) is -1.14. The van der Waals surface area contributed by atoms with Crippen molar-refractivity contribution in [3.63, 3.8) is 0 Å². The first-order chi connectivity index (χ1) is 12.3. The third kappa shape index (κ3) is 5.69. The number of hydrogen-bond donors (Lipinski definition) is 1. The van der Waals surface area contributed by atoms with Crippen LogP contribution in [0.2, 0.25) is 19.6 Å². The minimum Gasteiger partial charge on any atom is -0.328 e. The van der Waals surface area contributed by atoms with Crippen LogP contribution in [0, 0.1) is 11.3 Å². The molecule has 4 nitrogen and oxygen atoms in total. The number of H-pyrrole nitrogens is 1. The quantitative estimate of drug-likeness (QED) is 0.499. The highest BCUT2D eigenvalue weighted by atomic mass is 35.6. The third-order valence-corrected chi connectivity index (χ3v) is 3.20. The lowest BCUT2D eigenvalue weighted by atomic mass is 10.00. The van der Waals surface area contributed by atoms with E-state index in [1.54, 1.807) is 36.7 Å². The van der Waals surface area contributed by atoms with Crippen molar-refractivity contribution in [2.75, 3.05) is 0 Å². The Balaban J connectivity index is 0.000000431. The van der Waals surface area contributed by atoms with Crippen LogP contribution in [0.15, 0.2) is 65.7 Å². The van der Waals surface area contributed by atoms with Crippen LogP contribution in [0.1, 0.15) is 5.56 Å². The number of halogens is 1. The molecule has 26 heavy (non-hydrogen) atoms. The molecular weight excluding hydrogens is 362 g/mol. The van der Waals surface area contributed by atoms with Gasteiger partial charge in [0.2, 0.25) is 0 Å². The molecule has 0 saturated heterocycles. The maximum Gasteiger partial charge on any atom is 0.255 e. The van der Waals surface area contributed by atoms with Crippen LogP contribution in [0.4, 0.5) is 0 Å². The Morgan fingerprint density at radius 2 is 1.73 bits per heavy atom. The average molecular weight is 382 g/mol. The zero-order chi connectivity index (χ0) is 19.2. The van der Waals surface area contributed by atoms with Crippen molar-refractivity contribution in [3.05, 3.63) is 76.8 Å². The van der Waals surface area contributed by atoms with Gasteiger partial charge in [0.15, 0.2) is 0 Å². The first-order valence-electron chi connectivity index (χ1n) is 8.12. The predicted octanol–water partition coefficient (Wildman–Crippen LogP) is 5.04. The number of hydrogen-bond acceptors (Lipinski definition) is 3. The van der Waals surface area contributed by atoms with Gasteiger partial charge in [-0.25, -0.2) is 0 Å². The van der Waals surface area contributed by atoms with Crippen molar-refractivity contribution in [2.24, 2.45) is 0 Å². The van der Waals surface area contributed by atoms with E-state index in [0.29, 0.717) is 16.7 Å². The van der Waals surface area contributed by atoms with E-state index in [2.05, 4.69) is 35.7 Å². The normalized spacial score (nSPS) is 10.4. The molecule has 2 heterocycles. The van der Waals surface area contributed by atoms with Crippen molar-refractivity contribution < 1.29 is 0 Å². The fourth-order valence-electron chi connectivity index (χ4n) is 2.18. The highest BCUT2D eigenvalue weighted by Crippen LogP contribution is 2.23. The maximum absolute atomic E-state index is 12.1. The number of aromatic nitrogens is 2. The summed E-state index contributed by atoms with van der Waals surface area (Å²) in [6.07, 6.45) is 3.33. The second-order valence-electron chi connectivity index (χ2n) is 6.57. The molecule has 0 fully saturated rings. The van der Waals surface area contributed by atoms with Gasteiger partial charge in [-0.3, -0.25) is 9.78 Å². The van der Waals surface area contributed by atoms with Gasteiger partial charge in [-0.15, -0.1) is 0 Å². The van der Waals surface area contributed by atoms with E-state index >= 15 is 0 Å². The van der Waals surface area contributed by atoms with Gasteiger partial charge in [0, 0.05) is 29.1 Å². The Kier molecular flexibility index (Phi) is 6.50. The minimum atomic E-state index is -1.14. The topological polar surface area (TPSA) is 69.5 Å². The van der Waals surface area contributed by atoms with Gasteiger partial charge in [0.25, 0.3) is 5.56 Å². The van der Waals surface area contributed by atoms with E-state index in [4.69, 9.17) is 11.1 Å². The van der Waals surface area contributed by atoms with E-state index in [-0.39, 0.29) is 5.56 Å². The second kappa shape index (κ2) is 8.61. The van der Waals surface area contributed by atoms with E-state index in [9.17, 15) is 10.1 Å². The molecule has 0 aliphatic heterocycles. The van der Waals surface area contributed by atoms with Crippen molar-refractivity contribution in [3.8, 4) is 28.5 Å². The fraction of sp³-hybridized carbons (Fsp3) is 0.150. The summed E-state index contributed by atoms with van der Waals surface area (Å²) in [5.74, 6) is 0. The lowest BCUT2D eigenvalue weighted by Gasteiger charge is -2.06. The number of rotatable bonds is 2. The average Bonchev–Trinajstić information content (AvgIpc) is 2.61. The minimum absolute atomic E-state index is 0.225. The summed E-state index contributed by atoms with van der Waals surface area (Å²) in [4.78, 5) is 19.1. The molecule has 1 N–H and O–H groups in total. The van der Waals surface area contributed by atoms with Crippen LogP contribution in [-0.2, 0) is 0 Å². The number of nitrogens with one attached hydrogen (secondary N) is 1. The van der Waals surface area contributed by atoms with Crippen LogP contribution in [0.3, 0.4) is 0 Å². The Labute approximate surface area is 158 Å². The third-order valence-electron chi connectivity index (χ3n) is 3.20. The summed E-state index contributed by atoms with van der Waals surface area (Å²) < 4.78 is 0. The largest absolute Gasteiger partial charge is 0.328 e. The van der Waals surface area contributed by atoms with E-state index < -0.39 is 7.38 Å². The molecule has 0 aliphatic rings. The lowest BCUT2D eigenvalue weighted by Crippen LogP contribution is -2.09. The predicted molar refractivity (Wildman–Crippen MR) is 110 cm³/mol. The molecule has 0 unspecified atom stereocenters. The summed E-state index contributed by atoms with van der Waals surface area (Å²) in [6, 6.07) is 16.5. The standard InChI is InChI=1S/C17H11N3O.C3H9ClSi/c18-10-12-5-1-2-6-14(12)15-9-13(11-20-17(15)21)16-7-3-4-8-19-16;1-5(2,3)4/h1-9,11H,(H,20,21);1-3H3. The van der Waals surface area contributed by atoms with Gasteiger partial charge < -0.3 is 4.98 Å². The van der Waals surface area contributed by atoms with Crippen molar-refractivity contribution in [1.29, 1.82) is 5.26 Å².